The average Bonchev–Trinajstić information content (AvgIpc) is 3.52. The molecule has 0 aromatic heterocycles. The molecule has 208 valence electrons. The van der Waals surface area contributed by atoms with Crippen LogP contribution in [0.5, 0.6) is 5.75 Å². The van der Waals surface area contributed by atoms with E-state index in [1.54, 1.807) is 12.1 Å². The smallest absolute Gasteiger partial charge is 0.229 e. The van der Waals surface area contributed by atoms with Gasteiger partial charge >= 0.3 is 0 Å². The van der Waals surface area contributed by atoms with Crippen LogP contribution in [0.2, 0.25) is 0 Å². The number of sulfonamides is 1. The Kier molecular flexibility index (Phi) is 8.69. The first-order valence-electron chi connectivity index (χ1n) is 14.6. The van der Waals surface area contributed by atoms with Gasteiger partial charge in [0, 0.05) is 45.0 Å². The van der Waals surface area contributed by atoms with E-state index in [0.717, 1.165) is 42.8 Å². The summed E-state index contributed by atoms with van der Waals surface area (Å²) in [5.74, 6) is 3.58. The fourth-order valence-electron chi connectivity index (χ4n) is 7.40. The molecule has 2 saturated carbocycles. The largest absolute Gasteiger partial charge is 0.492 e. The molecule has 1 N–H and O–H groups in total. The summed E-state index contributed by atoms with van der Waals surface area (Å²) in [6.45, 7) is 10.6. The molecule has 2 atom stereocenters. The van der Waals surface area contributed by atoms with Gasteiger partial charge in [-0.25, -0.2) is 8.42 Å². The van der Waals surface area contributed by atoms with Crippen LogP contribution < -0.4 is 9.46 Å². The predicted molar refractivity (Wildman–Crippen MR) is 151 cm³/mol. The van der Waals surface area contributed by atoms with E-state index in [9.17, 15) is 8.42 Å². The number of hydrogen-bond donors (Lipinski definition) is 1. The van der Waals surface area contributed by atoms with Crippen LogP contribution in [0.15, 0.2) is 24.3 Å². The number of likely N-dealkylation sites (tertiary alicyclic amines) is 2. The van der Waals surface area contributed by atoms with E-state index < -0.39 is 10.0 Å². The Bertz CT molecular complexity index is 957. The number of anilines is 1. The number of hydrogen-bond acceptors (Lipinski definition) is 6. The number of nitrogens with zero attached hydrogens (tertiary/aromatic N) is 3. The minimum atomic E-state index is -3.25. The van der Waals surface area contributed by atoms with Crippen molar-refractivity contribution in [1.82, 2.24) is 14.7 Å². The van der Waals surface area contributed by atoms with Crippen LogP contribution >= 0.6 is 0 Å². The predicted octanol–water partition coefficient (Wildman–Crippen LogP) is 3.98. The Morgan fingerprint density at radius 2 is 1.62 bits per heavy atom. The quantitative estimate of drug-likeness (QED) is 0.388. The van der Waals surface area contributed by atoms with Gasteiger partial charge in [-0.15, -0.1) is 0 Å². The Balaban J connectivity index is 0.984. The number of rotatable bonds is 13. The third-order valence-electron chi connectivity index (χ3n) is 9.45. The van der Waals surface area contributed by atoms with Crippen LogP contribution in [-0.4, -0.2) is 95.4 Å². The zero-order chi connectivity index (χ0) is 25.9. The molecule has 1 aromatic rings. The first kappa shape index (κ1) is 27.2. The van der Waals surface area contributed by atoms with Gasteiger partial charge < -0.3 is 19.4 Å². The minimum absolute atomic E-state index is 0.554. The maximum atomic E-state index is 11.3. The summed E-state index contributed by atoms with van der Waals surface area (Å²) in [6, 6.07) is 7.08. The van der Waals surface area contributed by atoms with Gasteiger partial charge in [0.05, 0.1) is 6.26 Å². The van der Waals surface area contributed by atoms with Crippen LogP contribution in [0.4, 0.5) is 5.69 Å². The van der Waals surface area contributed by atoms with Crippen LogP contribution in [0.25, 0.3) is 0 Å². The molecule has 1 spiro atoms. The standard InChI is InChI=1S/C29H48N4O3S/c1-31(17-18-36-28-11-9-27(10-12-28)30-37(2,34)35)15-5-6-16-32-20-25-22-33(19-24-7-8-24)23-26(21-32)29(25)13-3-4-14-29/h9-12,24-26,30H,3-8,13-23H2,1-2H3. The fraction of sp³-hybridized carbons (Fsp3) is 0.793. The Morgan fingerprint density at radius 3 is 2.24 bits per heavy atom. The summed E-state index contributed by atoms with van der Waals surface area (Å²) in [5.41, 5.74) is 1.24. The molecule has 0 amide bonds. The van der Waals surface area contributed by atoms with Gasteiger partial charge in [-0.2, -0.15) is 0 Å². The van der Waals surface area contributed by atoms with Gasteiger partial charge in [-0.1, -0.05) is 12.8 Å². The van der Waals surface area contributed by atoms with Gasteiger partial charge in [0.1, 0.15) is 12.4 Å². The lowest BCUT2D eigenvalue weighted by molar-refractivity contribution is -0.0897. The van der Waals surface area contributed by atoms with Crippen LogP contribution in [-0.2, 0) is 10.0 Å². The second-order valence-corrected chi connectivity index (χ2v) is 14.3. The van der Waals surface area contributed by atoms with E-state index in [4.69, 9.17) is 4.74 Å². The molecule has 2 unspecified atom stereocenters. The average molecular weight is 533 g/mol. The number of piperidine rings is 2. The molecule has 4 fully saturated rings. The number of benzene rings is 1. The lowest BCUT2D eigenvalue weighted by Gasteiger charge is -2.57. The molecule has 1 aromatic carbocycles. The molecule has 2 bridgehead atoms. The van der Waals surface area contributed by atoms with Crippen molar-refractivity contribution in [2.24, 2.45) is 23.2 Å². The highest BCUT2D eigenvalue weighted by Gasteiger charge is 2.54. The monoisotopic (exact) mass is 532 g/mol. The molecule has 2 aliphatic heterocycles. The van der Waals surface area contributed by atoms with E-state index in [1.807, 2.05) is 12.1 Å². The van der Waals surface area contributed by atoms with Crippen LogP contribution in [0.3, 0.4) is 0 Å². The summed E-state index contributed by atoms with van der Waals surface area (Å²) < 4.78 is 31.0. The molecular formula is C29H48N4O3S. The summed E-state index contributed by atoms with van der Waals surface area (Å²) in [6.07, 6.45) is 12.5. The van der Waals surface area contributed by atoms with Crippen molar-refractivity contribution in [2.75, 3.05) is 77.0 Å². The van der Waals surface area contributed by atoms with Crippen molar-refractivity contribution in [3.63, 3.8) is 0 Å². The first-order valence-corrected chi connectivity index (χ1v) is 16.5. The van der Waals surface area contributed by atoms with Crippen LogP contribution in [0.1, 0.15) is 51.4 Å². The van der Waals surface area contributed by atoms with Crippen LogP contribution in [0, 0.1) is 23.2 Å². The number of likely N-dealkylation sites (N-methyl/N-ethyl adjacent to an activating group) is 1. The normalized spacial score (nSPS) is 26.1. The third kappa shape index (κ3) is 7.40. The van der Waals surface area contributed by atoms with E-state index >= 15 is 0 Å². The summed E-state index contributed by atoms with van der Waals surface area (Å²) >= 11 is 0. The molecule has 4 aliphatic rings. The molecular weight excluding hydrogens is 484 g/mol. The van der Waals surface area contributed by atoms with E-state index in [1.165, 1.54) is 90.6 Å². The molecule has 2 saturated heterocycles. The maximum Gasteiger partial charge on any atom is 0.229 e. The second-order valence-electron chi connectivity index (χ2n) is 12.5. The molecule has 2 aliphatic carbocycles. The lowest BCUT2D eigenvalue weighted by Crippen LogP contribution is -2.62. The third-order valence-corrected chi connectivity index (χ3v) is 10.1. The topological polar surface area (TPSA) is 65.1 Å². The van der Waals surface area contributed by atoms with Gasteiger partial charge in [0.25, 0.3) is 0 Å². The molecule has 5 rings (SSSR count). The Morgan fingerprint density at radius 1 is 0.973 bits per heavy atom. The van der Waals surface area contributed by atoms with Crippen molar-refractivity contribution in [3.05, 3.63) is 24.3 Å². The molecule has 0 radical (unpaired) electrons. The maximum absolute atomic E-state index is 11.3. The number of ether oxygens (including phenoxy) is 1. The highest BCUT2D eigenvalue weighted by molar-refractivity contribution is 7.92. The van der Waals surface area contributed by atoms with Gasteiger partial charge in [0.15, 0.2) is 0 Å². The zero-order valence-electron chi connectivity index (χ0n) is 23.0. The van der Waals surface area contributed by atoms with Gasteiger partial charge in [-0.3, -0.25) is 4.72 Å². The Hall–Kier alpha value is -1.35. The van der Waals surface area contributed by atoms with Crippen molar-refractivity contribution in [1.29, 1.82) is 0 Å². The van der Waals surface area contributed by atoms with Gasteiger partial charge in [-0.05, 0) is 106 Å². The van der Waals surface area contributed by atoms with E-state index in [2.05, 4.69) is 26.5 Å². The van der Waals surface area contributed by atoms with Gasteiger partial charge in [0.2, 0.25) is 10.0 Å². The van der Waals surface area contributed by atoms with Crippen molar-refractivity contribution < 1.29 is 13.2 Å². The second kappa shape index (κ2) is 11.8. The first-order chi connectivity index (χ1) is 17.8. The molecule has 2 heterocycles. The minimum Gasteiger partial charge on any atom is -0.492 e. The van der Waals surface area contributed by atoms with E-state index in [0.29, 0.717) is 17.7 Å². The van der Waals surface area contributed by atoms with Crippen molar-refractivity contribution in [3.8, 4) is 5.75 Å². The van der Waals surface area contributed by atoms with Crippen molar-refractivity contribution >= 4 is 15.7 Å². The number of unbranched alkanes of at least 4 members (excludes halogenated alkanes) is 1. The highest BCUT2D eigenvalue weighted by Crippen LogP contribution is 2.55. The number of nitrogens with one attached hydrogen (secondary N) is 1. The zero-order valence-corrected chi connectivity index (χ0v) is 23.9. The fourth-order valence-corrected chi connectivity index (χ4v) is 7.96. The SMILES string of the molecule is CN(CCCCN1CC2CN(CC3CC3)CC(C1)C21CCCC1)CCOc1ccc(NS(C)(=O)=O)cc1. The lowest BCUT2D eigenvalue weighted by atomic mass is 9.60. The summed E-state index contributed by atoms with van der Waals surface area (Å²) in [5, 5.41) is 0. The Labute approximate surface area is 225 Å². The molecule has 7 nitrogen and oxygen atoms in total. The molecule has 37 heavy (non-hydrogen) atoms. The highest BCUT2D eigenvalue weighted by atomic mass is 32.2. The van der Waals surface area contributed by atoms with E-state index in [-0.39, 0.29) is 0 Å². The summed E-state index contributed by atoms with van der Waals surface area (Å²) in [4.78, 5) is 8.03. The van der Waals surface area contributed by atoms with Crippen molar-refractivity contribution in [2.45, 2.75) is 51.4 Å². The summed E-state index contributed by atoms with van der Waals surface area (Å²) in [7, 11) is -1.08. The molecule has 8 heteroatoms.